The molecule has 0 radical (unpaired) electrons. The Bertz CT molecular complexity index is 996. The first-order chi connectivity index (χ1) is 14.5. The number of rotatable bonds is 6. The number of nitrogens with one attached hydrogen (secondary N) is 1. The first kappa shape index (κ1) is 21.1. The fraction of sp³-hybridized carbons (Fsp3) is 0.522. The minimum Gasteiger partial charge on any atom is -0.376 e. The lowest BCUT2D eigenvalue weighted by atomic mass is 9.97. The monoisotopic (exact) mass is 427 g/mol. The molecule has 2 heterocycles. The summed E-state index contributed by atoms with van der Waals surface area (Å²) in [6, 6.07) is 6.01. The van der Waals surface area contributed by atoms with E-state index in [1.807, 2.05) is 36.6 Å². The number of amides is 1. The number of benzene rings is 1. The van der Waals surface area contributed by atoms with E-state index < -0.39 is 0 Å². The molecule has 6 nitrogen and oxygen atoms in total. The van der Waals surface area contributed by atoms with Crippen LogP contribution in [0.3, 0.4) is 0 Å². The molecule has 1 aliphatic carbocycles. The van der Waals surface area contributed by atoms with Gasteiger partial charge in [-0.15, -0.1) is 0 Å². The molecule has 7 heteroatoms. The molecule has 1 aliphatic heterocycles. The number of hydrogen-bond donors (Lipinski definition) is 1. The van der Waals surface area contributed by atoms with Crippen LogP contribution in [-0.2, 0) is 28.9 Å². The van der Waals surface area contributed by atoms with E-state index in [1.165, 1.54) is 11.8 Å². The zero-order valence-electron chi connectivity index (χ0n) is 17.7. The van der Waals surface area contributed by atoms with Gasteiger partial charge in [0.25, 0.3) is 0 Å². The number of aromatic nitrogens is 2. The highest BCUT2D eigenvalue weighted by Crippen LogP contribution is 2.29. The van der Waals surface area contributed by atoms with E-state index in [9.17, 15) is 9.59 Å². The standard InChI is InChI=1S/C23H29N3O3S/c1-15-9-10-16(2)19(12-15)24-21(27)14-30-22-18-7-3-4-8-20(18)26(23(28)25-22)13-17-6-5-11-29-17/h9-10,12,17H,3-8,11,13-14H2,1-2H3,(H,24,27). The summed E-state index contributed by atoms with van der Waals surface area (Å²) in [4.78, 5) is 29.7. The fourth-order valence-corrected chi connectivity index (χ4v) is 5.11. The third kappa shape index (κ3) is 4.78. The van der Waals surface area contributed by atoms with Crippen molar-refractivity contribution in [3.05, 3.63) is 51.1 Å². The van der Waals surface area contributed by atoms with Crippen molar-refractivity contribution in [2.24, 2.45) is 0 Å². The molecule has 0 saturated carbocycles. The molecule has 4 rings (SSSR count). The molecule has 1 unspecified atom stereocenters. The van der Waals surface area contributed by atoms with Crippen molar-refractivity contribution in [2.45, 2.75) is 70.0 Å². The van der Waals surface area contributed by atoms with Crippen molar-refractivity contribution in [1.29, 1.82) is 0 Å². The first-order valence-corrected chi connectivity index (χ1v) is 11.7. The summed E-state index contributed by atoms with van der Waals surface area (Å²) in [6.07, 6.45) is 6.14. The fourth-order valence-electron chi connectivity index (χ4n) is 4.24. The second-order valence-corrected chi connectivity index (χ2v) is 9.20. The first-order valence-electron chi connectivity index (χ1n) is 10.8. The van der Waals surface area contributed by atoms with Crippen LogP contribution in [0, 0.1) is 13.8 Å². The molecular formula is C23H29N3O3S. The Balaban J connectivity index is 1.50. The van der Waals surface area contributed by atoms with Gasteiger partial charge in [-0.25, -0.2) is 4.79 Å². The lowest BCUT2D eigenvalue weighted by Crippen LogP contribution is -2.34. The molecule has 1 atom stereocenters. The maximum Gasteiger partial charge on any atom is 0.348 e. The molecule has 1 amide bonds. The Morgan fingerprint density at radius 1 is 1.27 bits per heavy atom. The van der Waals surface area contributed by atoms with Gasteiger partial charge < -0.3 is 10.1 Å². The van der Waals surface area contributed by atoms with Crippen molar-refractivity contribution in [2.75, 3.05) is 17.7 Å². The highest BCUT2D eigenvalue weighted by molar-refractivity contribution is 8.00. The molecular weight excluding hydrogens is 398 g/mol. The number of carbonyl (C=O) groups excluding carboxylic acids is 1. The van der Waals surface area contributed by atoms with E-state index in [-0.39, 0.29) is 23.5 Å². The smallest absolute Gasteiger partial charge is 0.348 e. The zero-order valence-corrected chi connectivity index (χ0v) is 18.5. The van der Waals surface area contributed by atoms with Gasteiger partial charge in [-0.05, 0) is 69.6 Å². The minimum atomic E-state index is -0.219. The third-order valence-corrected chi connectivity index (χ3v) is 6.89. The molecule has 1 aromatic heterocycles. The van der Waals surface area contributed by atoms with Crippen LogP contribution in [0.25, 0.3) is 0 Å². The van der Waals surface area contributed by atoms with Gasteiger partial charge in [0.2, 0.25) is 5.91 Å². The molecule has 1 saturated heterocycles. The number of carbonyl (C=O) groups is 1. The van der Waals surface area contributed by atoms with Crippen molar-refractivity contribution < 1.29 is 9.53 Å². The molecule has 0 bridgehead atoms. The average Bonchev–Trinajstić information content (AvgIpc) is 3.25. The van der Waals surface area contributed by atoms with Crippen LogP contribution in [-0.4, -0.2) is 33.9 Å². The topological polar surface area (TPSA) is 73.2 Å². The van der Waals surface area contributed by atoms with Crippen molar-refractivity contribution in [3.8, 4) is 0 Å². The van der Waals surface area contributed by atoms with Crippen LogP contribution >= 0.6 is 11.8 Å². The SMILES string of the molecule is Cc1ccc(C)c(NC(=O)CSc2nc(=O)n(CC3CCCO3)c3c2CCCC3)c1. The summed E-state index contributed by atoms with van der Waals surface area (Å²) in [6.45, 7) is 5.35. The van der Waals surface area contributed by atoms with Crippen LogP contribution in [0.1, 0.15) is 48.1 Å². The molecule has 1 fully saturated rings. The lowest BCUT2D eigenvalue weighted by Gasteiger charge is -2.24. The van der Waals surface area contributed by atoms with E-state index >= 15 is 0 Å². The van der Waals surface area contributed by atoms with E-state index in [0.29, 0.717) is 6.54 Å². The average molecular weight is 428 g/mol. The van der Waals surface area contributed by atoms with Gasteiger partial charge in [-0.2, -0.15) is 4.98 Å². The van der Waals surface area contributed by atoms with Crippen molar-refractivity contribution >= 4 is 23.4 Å². The maximum atomic E-state index is 12.8. The summed E-state index contributed by atoms with van der Waals surface area (Å²) < 4.78 is 7.57. The highest BCUT2D eigenvalue weighted by Gasteiger charge is 2.24. The number of aryl methyl sites for hydroxylation is 2. The minimum absolute atomic E-state index is 0.0800. The van der Waals surface area contributed by atoms with Crippen LogP contribution in [0.15, 0.2) is 28.0 Å². The number of ether oxygens (including phenoxy) is 1. The van der Waals surface area contributed by atoms with Crippen LogP contribution in [0.5, 0.6) is 0 Å². The van der Waals surface area contributed by atoms with Gasteiger partial charge in [0.05, 0.1) is 18.4 Å². The van der Waals surface area contributed by atoms with Gasteiger partial charge in [0.1, 0.15) is 5.03 Å². The molecule has 160 valence electrons. The molecule has 1 aromatic carbocycles. The predicted molar refractivity (Wildman–Crippen MR) is 119 cm³/mol. The molecule has 2 aliphatic rings. The largest absolute Gasteiger partial charge is 0.376 e. The van der Waals surface area contributed by atoms with E-state index in [0.717, 1.165) is 78.2 Å². The summed E-state index contributed by atoms with van der Waals surface area (Å²) in [7, 11) is 0. The third-order valence-electron chi connectivity index (χ3n) is 5.87. The Hall–Kier alpha value is -2.12. The number of fused-ring (bicyclic) bond motifs is 1. The van der Waals surface area contributed by atoms with E-state index in [2.05, 4.69) is 10.3 Å². The quantitative estimate of drug-likeness (QED) is 0.563. The van der Waals surface area contributed by atoms with Gasteiger partial charge in [0.15, 0.2) is 0 Å². The van der Waals surface area contributed by atoms with Gasteiger partial charge in [-0.1, -0.05) is 23.9 Å². The van der Waals surface area contributed by atoms with Gasteiger partial charge in [0, 0.05) is 23.6 Å². The second kappa shape index (κ2) is 9.35. The Labute approximate surface area is 181 Å². The number of nitrogens with zero attached hydrogens (tertiary/aromatic N) is 2. The zero-order chi connectivity index (χ0) is 21.1. The van der Waals surface area contributed by atoms with Crippen LogP contribution in [0.4, 0.5) is 5.69 Å². The lowest BCUT2D eigenvalue weighted by molar-refractivity contribution is -0.113. The number of thioether (sulfide) groups is 1. The van der Waals surface area contributed by atoms with E-state index in [4.69, 9.17) is 4.74 Å². The number of anilines is 1. The highest BCUT2D eigenvalue weighted by atomic mass is 32.2. The Kier molecular flexibility index (Phi) is 6.58. The van der Waals surface area contributed by atoms with Crippen molar-refractivity contribution in [1.82, 2.24) is 9.55 Å². The van der Waals surface area contributed by atoms with Gasteiger partial charge in [-0.3, -0.25) is 9.36 Å². The second-order valence-electron chi connectivity index (χ2n) is 8.23. The Morgan fingerprint density at radius 3 is 2.90 bits per heavy atom. The Morgan fingerprint density at radius 2 is 2.10 bits per heavy atom. The van der Waals surface area contributed by atoms with Crippen molar-refractivity contribution in [3.63, 3.8) is 0 Å². The van der Waals surface area contributed by atoms with E-state index in [1.54, 1.807) is 0 Å². The number of hydrogen-bond acceptors (Lipinski definition) is 5. The molecule has 1 N–H and O–H groups in total. The molecule has 0 spiro atoms. The normalized spacial score (nSPS) is 18.3. The molecule has 2 aromatic rings. The van der Waals surface area contributed by atoms with Gasteiger partial charge >= 0.3 is 5.69 Å². The summed E-state index contributed by atoms with van der Waals surface area (Å²) >= 11 is 1.37. The summed E-state index contributed by atoms with van der Waals surface area (Å²) in [5.74, 6) is 0.158. The molecule has 30 heavy (non-hydrogen) atoms. The van der Waals surface area contributed by atoms with Crippen LogP contribution < -0.4 is 11.0 Å². The summed E-state index contributed by atoms with van der Waals surface area (Å²) in [5.41, 5.74) is 4.99. The van der Waals surface area contributed by atoms with Crippen LogP contribution in [0.2, 0.25) is 0 Å². The maximum absolute atomic E-state index is 12.8. The summed E-state index contributed by atoms with van der Waals surface area (Å²) in [5, 5.41) is 3.71. The predicted octanol–water partition coefficient (Wildman–Crippen LogP) is 3.65.